The number of hydrogen-bond acceptors (Lipinski definition) is 10. The summed E-state index contributed by atoms with van der Waals surface area (Å²) >= 11 is 2.05. The molecule has 1 fully saturated rings. The van der Waals surface area contributed by atoms with Crippen molar-refractivity contribution in [2.24, 2.45) is 0 Å². The SMILES string of the molecule is Cc1ccc(C(=O)OCC2OC(n3cnc4c(I)ncnc43)C(OC(=O)c3ccc(C)cc3)C2OC(=O)c2ccc(C)cc2)cc1. The lowest BCUT2D eigenvalue weighted by atomic mass is 10.1. The summed E-state index contributed by atoms with van der Waals surface area (Å²) in [5, 5.41) is 0. The topological polar surface area (TPSA) is 132 Å². The van der Waals surface area contributed by atoms with Crippen LogP contribution in [0.1, 0.15) is 54.0 Å². The fraction of sp³-hybridized carbons (Fsp3) is 0.235. The van der Waals surface area contributed by atoms with Crippen LogP contribution in [0.2, 0.25) is 0 Å². The van der Waals surface area contributed by atoms with E-state index in [0.29, 0.717) is 31.6 Å². The van der Waals surface area contributed by atoms with Crippen LogP contribution >= 0.6 is 22.6 Å². The average molecular weight is 733 g/mol. The second-order valence-corrected chi connectivity index (χ2v) is 12.0. The lowest BCUT2D eigenvalue weighted by Crippen LogP contribution is -2.41. The highest BCUT2D eigenvalue weighted by Gasteiger charge is 2.52. The highest BCUT2D eigenvalue weighted by molar-refractivity contribution is 14.1. The number of carbonyl (C=O) groups is 3. The molecule has 0 spiro atoms. The highest BCUT2D eigenvalue weighted by Crippen LogP contribution is 2.37. The Balaban J connectivity index is 1.37. The van der Waals surface area contributed by atoms with Gasteiger partial charge >= 0.3 is 17.9 Å². The zero-order chi connectivity index (χ0) is 32.4. The molecule has 0 radical (unpaired) electrons. The third-order valence-electron chi connectivity index (χ3n) is 7.60. The van der Waals surface area contributed by atoms with Gasteiger partial charge in [-0.25, -0.2) is 29.3 Å². The van der Waals surface area contributed by atoms with E-state index in [0.717, 1.165) is 16.7 Å². The van der Waals surface area contributed by atoms with Crippen LogP contribution in [0.25, 0.3) is 11.2 Å². The van der Waals surface area contributed by atoms with E-state index in [2.05, 4.69) is 37.5 Å². The molecule has 5 aromatic rings. The number of imidazole rings is 1. The van der Waals surface area contributed by atoms with E-state index in [9.17, 15) is 14.4 Å². The molecule has 1 aliphatic heterocycles. The number of hydrogen-bond donors (Lipinski definition) is 0. The Morgan fingerprint density at radius 2 is 1.22 bits per heavy atom. The van der Waals surface area contributed by atoms with E-state index >= 15 is 0 Å². The van der Waals surface area contributed by atoms with E-state index < -0.39 is 42.4 Å². The van der Waals surface area contributed by atoms with Crippen molar-refractivity contribution >= 4 is 51.7 Å². The summed E-state index contributed by atoms with van der Waals surface area (Å²) < 4.78 is 26.4. The molecule has 1 saturated heterocycles. The second kappa shape index (κ2) is 13.3. The van der Waals surface area contributed by atoms with Gasteiger partial charge in [-0.3, -0.25) is 4.57 Å². The normalized spacial score (nSPS) is 19.1. The lowest BCUT2D eigenvalue weighted by molar-refractivity contribution is -0.0606. The molecular weight excluding hydrogens is 703 g/mol. The Kier molecular flexibility index (Phi) is 9.08. The van der Waals surface area contributed by atoms with Crippen molar-refractivity contribution < 1.29 is 33.3 Å². The third-order valence-corrected chi connectivity index (χ3v) is 8.39. The van der Waals surface area contributed by atoms with Gasteiger partial charge in [0.15, 0.2) is 24.1 Å². The van der Waals surface area contributed by atoms with E-state index in [1.807, 2.05) is 20.8 Å². The number of carbonyl (C=O) groups excluding carboxylic acids is 3. The molecule has 11 nitrogen and oxygen atoms in total. The van der Waals surface area contributed by atoms with Gasteiger partial charge in [0.05, 0.1) is 23.0 Å². The van der Waals surface area contributed by atoms with E-state index in [-0.39, 0.29) is 6.61 Å². The first-order chi connectivity index (χ1) is 22.2. The summed E-state index contributed by atoms with van der Waals surface area (Å²) in [6.07, 6.45) is -1.56. The minimum absolute atomic E-state index is 0.295. The summed E-state index contributed by atoms with van der Waals surface area (Å²) in [7, 11) is 0. The van der Waals surface area contributed by atoms with E-state index in [1.54, 1.807) is 77.4 Å². The standard InChI is InChI=1S/C34H29IN4O7/c1-19-4-10-22(11-5-19)32(40)43-16-25-27(45-33(41)23-12-6-20(2)7-13-23)28(46-34(42)24-14-8-21(3)9-15-24)31(44-25)39-18-38-26-29(35)36-17-37-30(26)39/h4-15,17-18,25,27-28,31H,16H2,1-3H3. The Hall–Kier alpha value is -4.69. The quantitative estimate of drug-likeness (QED) is 0.0865. The van der Waals surface area contributed by atoms with Crippen LogP contribution in [0, 0.1) is 24.5 Å². The highest BCUT2D eigenvalue weighted by atomic mass is 127. The Morgan fingerprint density at radius 1 is 0.717 bits per heavy atom. The van der Waals surface area contributed by atoms with Gasteiger partial charge in [0.25, 0.3) is 0 Å². The van der Waals surface area contributed by atoms with Gasteiger partial charge in [-0.1, -0.05) is 53.1 Å². The van der Waals surface area contributed by atoms with Gasteiger partial charge in [-0.2, -0.15) is 0 Å². The maximum atomic E-state index is 13.5. The first-order valence-electron chi connectivity index (χ1n) is 14.5. The van der Waals surface area contributed by atoms with Gasteiger partial charge < -0.3 is 18.9 Å². The van der Waals surface area contributed by atoms with Crippen LogP contribution in [0.15, 0.2) is 85.5 Å². The molecule has 4 unspecified atom stereocenters. The molecule has 12 heteroatoms. The smallest absolute Gasteiger partial charge is 0.338 e. The number of nitrogens with zero attached hydrogens (tertiary/aromatic N) is 4. The van der Waals surface area contributed by atoms with Crippen LogP contribution in [-0.2, 0) is 18.9 Å². The number of aromatic nitrogens is 4. The fourth-order valence-electron chi connectivity index (χ4n) is 5.04. The monoisotopic (exact) mass is 732 g/mol. The summed E-state index contributed by atoms with van der Waals surface area (Å²) in [6, 6.07) is 20.7. The third kappa shape index (κ3) is 6.63. The van der Waals surface area contributed by atoms with Gasteiger partial charge in [0.1, 0.15) is 28.3 Å². The zero-order valence-corrected chi connectivity index (χ0v) is 27.3. The Bertz CT molecular complexity index is 1890. The molecule has 0 aliphatic carbocycles. The van der Waals surface area contributed by atoms with Crippen molar-refractivity contribution in [1.29, 1.82) is 0 Å². The van der Waals surface area contributed by atoms with E-state index in [4.69, 9.17) is 18.9 Å². The van der Waals surface area contributed by atoms with Gasteiger partial charge in [0.2, 0.25) is 0 Å². The first kappa shape index (κ1) is 31.3. The Labute approximate surface area is 278 Å². The largest absolute Gasteiger partial charge is 0.459 e. The number of esters is 3. The number of fused-ring (bicyclic) bond motifs is 1. The van der Waals surface area contributed by atoms with Gasteiger partial charge in [0, 0.05) is 0 Å². The molecule has 0 N–H and O–H groups in total. The summed E-state index contributed by atoms with van der Waals surface area (Å²) in [6.45, 7) is 5.43. The lowest BCUT2D eigenvalue weighted by Gasteiger charge is -2.25. The van der Waals surface area contributed by atoms with Gasteiger partial charge in [-0.05, 0) is 79.8 Å². The van der Waals surface area contributed by atoms with Crippen molar-refractivity contribution in [2.45, 2.75) is 45.3 Å². The van der Waals surface area contributed by atoms with Crippen molar-refractivity contribution in [1.82, 2.24) is 19.5 Å². The molecule has 0 bridgehead atoms. The molecule has 2 aromatic heterocycles. The van der Waals surface area contributed by atoms with Crippen molar-refractivity contribution in [2.75, 3.05) is 6.61 Å². The van der Waals surface area contributed by atoms with Crippen LogP contribution in [-0.4, -0.2) is 62.3 Å². The van der Waals surface area contributed by atoms with E-state index in [1.165, 1.54) is 12.7 Å². The molecular formula is C34H29IN4O7. The maximum Gasteiger partial charge on any atom is 0.338 e. The maximum absolute atomic E-state index is 13.5. The minimum Gasteiger partial charge on any atom is -0.459 e. The predicted molar refractivity (Wildman–Crippen MR) is 174 cm³/mol. The van der Waals surface area contributed by atoms with Crippen LogP contribution in [0.4, 0.5) is 0 Å². The number of ether oxygens (including phenoxy) is 4. The Morgan fingerprint density at radius 3 is 1.76 bits per heavy atom. The second-order valence-electron chi connectivity index (χ2n) is 11.0. The van der Waals surface area contributed by atoms with Gasteiger partial charge in [-0.15, -0.1) is 0 Å². The molecule has 6 rings (SSSR count). The molecule has 3 aromatic carbocycles. The minimum atomic E-state index is -1.18. The summed E-state index contributed by atoms with van der Waals surface area (Å²) in [5.41, 5.74) is 4.80. The average Bonchev–Trinajstić information content (AvgIpc) is 3.62. The summed E-state index contributed by atoms with van der Waals surface area (Å²) in [4.78, 5) is 53.0. The number of aryl methyl sites for hydroxylation is 3. The molecule has 3 heterocycles. The van der Waals surface area contributed by atoms with Crippen molar-refractivity contribution in [3.8, 4) is 0 Å². The molecule has 46 heavy (non-hydrogen) atoms. The summed E-state index contributed by atoms with van der Waals surface area (Å²) in [5.74, 6) is -1.90. The number of rotatable bonds is 8. The fourth-order valence-corrected chi connectivity index (χ4v) is 5.54. The molecule has 0 saturated carbocycles. The molecule has 1 aliphatic rings. The zero-order valence-electron chi connectivity index (χ0n) is 25.1. The van der Waals surface area contributed by atoms with Crippen LogP contribution in [0.5, 0.6) is 0 Å². The predicted octanol–water partition coefficient (Wildman–Crippen LogP) is 5.56. The molecule has 0 amide bonds. The van der Waals surface area contributed by atoms with Crippen molar-refractivity contribution in [3.63, 3.8) is 0 Å². The number of halogens is 1. The van der Waals surface area contributed by atoms with Crippen LogP contribution in [0.3, 0.4) is 0 Å². The number of benzene rings is 3. The van der Waals surface area contributed by atoms with Crippen molar-refractivity contribution in [3.05, 3.63) is 123 Å². The first-order valence-corrected chi connectivity index (χ1v) is 15.5. The molecule has 4 atom stereocenters. The molecule has 234 valence electrons. The van der Waals surface area contributed by atoms with Crippen LogP contribution < -0.4 is 0 Å².